The maximum atomic E-state index is 11.9. The van der Waals surface area contributed by atoms with Gasteiger partial charge in [-0.05, 0) is 50.6 Å². The van der Waals surface area contributed by atoms with Gasteiger partial charge in [-0.1, -0.05) is 0 Å². The molecule has 3 aromatic rings. The van der Waals surface area contributed by atoms with Gasteiger partial charge in [0.2, 0.25) is 5.88 Å². The zero-order chi connectivity index (χ0) is 25.8. The predicted molar refractivity (Wildman–Crippen MR) is 141 cm³/mol. The van der Waals surface area contributed by atoms with Crippen LogP contribution in [0.15, 0.2) is 36.4 Å². The van der Waals surface area contributed by atoms with Gasteiger partial charge in [-0.15, -0.1) is 10.2 Å². The molecule has 0 radical (unpaired) electrons. The summed E-state index contributed by atoms with van der Waals surface area (Å²) in [7, 11) is 1.58. The zero-order valence-electron chi connectivity index (χ0n) is 21.4. The van der Waals surface area contributed by atoms with E-state index in [1.54, 1.807) is 7.11 Å². The molecular formula is C26H32N8O3. The first-order valence-corrected chi connectivity index (χ1v) is 12.6. The van der Waals surface area contributed by atoms with Gasteiger partial charge in [-0.3, -0.25) is 0 Å². The number of aromatic nitrogens is 4. The van der Waals surface area contributed by atoms with Gasteiger partial charge < -0.3 is 29.9 Å². The Bertz CT molecular complexity index is 1240. The third-order valence-corrected chi connectivity index (χ3v) is 6.58. The highest BCUT2D eigenvalue weighted by Crippen LogP contribution is 2.33. The van der Waals surface area contributed by atoms with Crippen molar-refractivity contribution in [1.29, 1.82) is 0 Å². The minimum Gasteiger partial charge on any atom is -0.480 e. The first kappa shape index (κ1) is 24.7. The molecule has 0 spiro atoms. The summed E-state index contributed by atoms with van der Waals surface area (Å²) in [6, 6.07) is 11.3. The monoisotopic (exact) mass is 504 g/mol. The third-order valence-electron chi connectivity index (χ3n) is 6.58. The number of nitrogens with zero attached hydrogens (tertiary/aromatic N) is 6. The molecule has 0 bridgehead atoms. The molecule has 1 saturated heterocycles. The van der Waals surface area contributed by atoms with Crippen LogP contribution in [-0.2, 0) is 17.7 Å². The normalized spacial score (nSPS) is 17.2. The Morgan fingerprint density at radius 3 is 2.68 bits per heavy atom. The van der Waals surface area contributed by atoms with Crippen LogP contribution in [0.4, 0.5) is 22.1 Å². The fourth-order valence-electron chi connectivity index (χ4n) is 4.64. The first-order chi connectivity index (χ1) is 18.1. The van der Waals surface area contributed by atoms with E-state index >= 15 is 0 Å². The molecule has 2 amide bonds. The molecule has 194 valence electrons. The number of carbonyl (C=O) groups is 1. The van der Waals surface area contributed by atoms with Crippen LogP contribution < -0.4 is 25.2 Å². The van der Waals surface area contributed by atoms with Crippen molar-refractivity contribution in [2.24, 2.45) is 0 Å². The Morgan fingerprint density at radius 1 is 1.14 bits per heavy atom. The molecule has 2 N–H and O–H groups in total. The number of morpholine rings is 1. The van der Waals surface area contributed by atoms with Crippen LogP contribution in [0.25, 0.3) is 11.4 Å². The molecule has 1 fully saturated rings. The minimum absolute atomic E-state index is 0.217. The molecule has 4 heterocycles. The number of fused-ring (bicyclic) bond motifs is 1. The maximum absolute atomic E-state index is 11.9. The fraction of sp³-hybridized carbons (Fsp3) is 0.423. The third kappa shape index (κ3) is 5.41. The van der Waals surface area contributed by atoms with E-state index in [0.29, 0.717) is 43.7 Å². The van der Waals surface area contributed by atoms with Gasteiger partial charge in [0, 0.05) is 42.5 Å². The van der Waals surface area contributed by atoms with Crippen molar-refractivity contribution in [3.8, 4) is 17.3 Å². The van der Waals surface area contributed by atoms with Crippen molar-refractivity contribution in [1.82, 2.24) is 25.5 Å². The lowest BCUT2D eigenvalue weighted by molar-refractivity contribution is 0.0984. The molecule has 2 aliphatic rings. The molecule has 0 aliphatic carbocycles. The number of urea groups is 1. The smallest absolute Gasteiger partial charge is 0.319 e. The van der Waals surface area contributed by atoms with Crippen molar-refractivity contribution in [3.05, 3.63) is 47.7 Å². The van der Waals surface area contributed by atoms with E-state index in [1.165, 1.54) is 5.56 Å². The second-order valence-corrected chi connectivity index (χ2v) is 9.08. The zero-order valence-corrected chi connectivity index (χ0v) is 21.4. The number of amides is 2. The van der Waals surface area contributed by atoms with E-state index in [1.807, 2.05) is 43.3 Å². The number of anilines is 3. The van der Waals surface area contributed by atoms with Crippen molar-refractivity contribution in [3.63, 3.8) is 0 Å². The summed E-state index contributed by atoms with van der Waals surface area (Å²) in [4.78, 5) is 26.5. The quantitative estimate of drug-likeness (QED) is 0.522. The van der Waals surface area contributed by atoms with E-state index < -0.39 is 0 Å². The Morgan fingerprint density at radius 2 is 1.97 bits per heavy atom. The number of carbonyl (C=O) groups excluding carboxylic acids is 1. The van der Waals surface area contributed by atoms with Gasteiger partial charge in [0.15, 0.2) is 11.6 Å². The Kier molecular flexibility index (Phi) is 7.31. The summed E-state index contributed by atoms with van der Waals surface area (Å²) in [6.07, 6.45) is 0.804. The number of rotatable bonds is 6. The molecule has 2 aliphatic heterocycles. The molecular weight excluding hydrogens is 472 g/mol. The number of hydrogen-bond acceptors (Lipinski definition) is 9. The van der Waals surface area contributed by atoms with Gasteiger partial charge >= 0.3 is 6.03 Å². The lowest BCUT2D eigenvalue weighted by Crippen LogP contribution is -2.45. The first-order valence-electron chi connectivity index (χ1n) is 12.6. The maximum Gasteiger partial charge on any atom is 0.319 e. The highest BCUT2D eigenvalue weighted by molar-refractivity contribution is 5.89. The number of methoxy groups -OCH3 is 1. The van der Waals surface area contributed by atoms with Crippen LogP contribution in [0.2, 0.25) is 0 Å². The lowest BCUT2D eigenvalue weighted by atomic mass is 10.0. The number of ether oxygens (including phenoxy) is 2. The van der Waals surface area contributed by atoms with E-state index in [2.05, 4.69) is 37.6 Å². The SMILES string of the molecule is CCNC(=O)Nc1ccc(-c2nc3c(c(N4CCOC[C@@H]4C)n2)CCN(c2ccc(OC)nn2)C3)cc1. The van der Waals surface area contributed by atoms with Gasteiger partial charge in [-0.25, -0.2) is 14.8 Å². The Balaban J connectivity index is 1.48. The van der Waals surface area contributed by atoms with Crippen LogP contribution >= 0.6 is 0 Å². The highest BCUT2D eigenvalue weighted by Gasteiger charge is 2.29. The van der Waals surface area contributed by atoms with Crippen molar-refractivity contribution in [2.75, 3.05) is 55.1 Å². The summed E-state index contributed by atoms with van der Waals surface area (Å²) < 4.78 is 10.8. The summed E-state index contributed by atoms with van der Waals surface area (Å²) in [5.74, 6) is 2.90. The van der Waals surface area contributed by atoms with E-state index in [0.717, 1.165) is 42.4 Å². The Hall–Kier alpha value is -3.99. The molecule has 1 aromatic carbocycles. The Labute approximate surface area is 216 Å². The average Bonchev–Trinajstić information content (AvgIpc) is 2.93. The van der Waals surface area contributed by atoms with Crippen molar-refractivity contribution >= 4 is 23.4 Å². The summed E-state index contributed by atoms with van der Waals surface area (Å²) in [6.45, 7) is 8.13. The number of benzene rings is 1. The molecule has 5 rings (SSSR count). The topological polar surface area (TPSA) is 118 Å². The van der Waals surface area contributed by atoms with Gasteiger partial charge in [0.05, 0.1) is 38.6 Å². The summed E-state index contributed by atoms with van der Waals surface area (Å²) in [5.41, 5.74) is 3.74. The van der Waals surface area contributed by atoms with Crippen LogP contribution in [0.1, 0.15) is 25.1 Å². The minimum atomic E-state index is -0.231. The summed E-state index contributed by atoms with van der Waals surface area (Å²) in [5, 5.41) is 14.0. The lowest BCUT2D eigenvalue weighted by Gasteiger charge is -2.38. The molecule has 0 unspecified atom stereocenters. The van der Waals surface area contributed by atoms with Crippen LogP contribution in [0.5, 0.6) is 5.88 Å². The second kappa shape index (κ2) is 11.0. The number of hydrogen-bond donors (Lipinski definition) is 2. The van der Waals surface area contributed by atoms with Gasteiger partial charge in [-0.2, -0.15) is 0 Å². The van der Waals surface area contributed by atoms with E-state index in [-0.39, 0.29) is 12.1 Å². The largest absolute Gasteiger partial charge is 0.480 e. The molecule has 2 aromatic heterocycles. The molecule has 0 saturated carbocycles. The summed E-state index contributed by atoms with van der Waals surface area (Å²) >= 11 is 0. The molecule has 11 heteroatoms. The van der Waals surface area contributed by atoms with E-state index in [4.69, 9.17) is 19.4 Å². The molecule has 37 heavy (non-hydrogen) atoms. The average molecular weight is 505 g/mol. The van der Waals surface area contributed by atoms with E-state index in [9.17, 15) is 4.79 Å². The van der Waals surface area contributed by atoms with Gasteiger partial charge in [0.25, 0.3) is 0 Å². The highest BCUT2D eigenvalue weighted by atomic mass is 16.5. The van der Waals surface area contributed by atoms with Crippen LogP contribution in [0, 0.1) is 0 Å². The fourth-order valence-corrected chi connectivity index (χ4v) is 4.64. The second-order valence-electron chi connectivity index (χ2n) is 9.08. The molecule has 1 atom stereocenters. The van der Waals surface area contributed by atoms with Crippen LogP contribution in [-0.4, -0.2) is 72.2 Å². The van der Waals surface area contributed by atoms with Crippen LogP contribution in [0.3, 0.4) is 0 Å². The van der Waals surface area contributed by atoms with Gasteiger partial charge in [0.1, 0.15) is 5.82 Å². The predicted octanol–water partition coefficient (Wildman–Crippen LogP) is 2.87. The van der Waals surface area contributed by atoms with Crippen molar-refractivity contribution in [2.45, 2.75) is 32.9 Å². The molecule has 11 nitrogen and oxygen atoms in total. The van der Waals surface area contributed by atoms with Crippen molar-refractivity contribution < 1.29 is 14.3 Å². The standard InChI is InChI=1S/C26H32N8O3/c1-4-27-26(35)28-19-7-5-18(6-8-19)24-29-21-15-33(22-9-10-23(36-3)32-31-22)12-11-20(21)25(30-24)34-13-14-37-16-17(34)2/h5-10,17H,4,11-16H2,1-3H3,(H2,27,28,35)/t17-/m0/s1. The number of nitrogens with one attached hydrogen (secondary N) is 2.